The predicted octanol–water partition coefficient (Wildman–Crippen LogP) is 2.46. The number of halogens is 3. The van der Waals surface area contributed by atoms with E-state index in [1.807, 2.05) is 0 Å². The minimum Gasteiger partial charge on any atom is -0.462 e. The number of carbonyl (C=O) groups excluding carboxylic acids is 1. The first-order chi connectivity index (χ1) is 8.80. The van der Waals surface area contributed by atoms with E-state index < -0.39 is 37.1 Å². The largest absolute Gasteiger partial charge is 0.462 e. The second kappa shape index (κ2) is 5.05. The van der Waals surface area contributed by atoms with Gasteiger partial charge in [-0.05, 0) is 30.9 Å². The summed E-state index contributed by atoms with van der Waals surface area (Å²) in [6.07, 6.45) is 1.79. The maximum Gasteiger partial charge on any atom is 0.344 e. The van der Waals surface area contributed by atoms with Crippen molar-refractivity contribution in [3.05, 3.63) is 29.3 Å². The zero-order valence-corrected chi connectivity index (χ0v) is 11.1. The van der Waals surface area contributed by atoms with Gasteiger partial charge in [0.25, 0.3) is 9.05 Å². The fourth-order valence-corrected chi connectivity index (χ4v) is 2.36. The van der Waals surface area contributed by atoms with E-state index in [0.717, 1.165) is 12.8 Å². The summed E-state index contributed by atoms with van der Waals surface area (Å²) in [6, 6.07) is 1.32. The van der Waals surface area contributed by atoms with E-state index in [9.17, 15) is 22.0 Å². The van der Waals surface area contributed by atoms with Crippen molar-refractivity contribution in [1.82, 2.24) is 0 Å². The maximum atomic E-state index is 13.8. The normalized spacial score (nSPS) is 15.3. The van der Waals surface area contributed by atoms with E-state index >= 15 is 0 Å². The van der Waals surface area contributed by atoms with Gasteiger partial charge >= 0.3 is 5.97 Å². The summed E-state index contributed by atoms with van der Waals surface area (Å²) in [7, 11) is 0.586. The van der Waals surface area contributed by atoms with Crippen LogP contribution in [-0.4, -0.2) is 21.0 Å². The molecular formula is C11H9ClF2O4S. The van der Waals surface area contributed by atoms with Crippen molar-refractivity contribution in [2.75, 3.05) is 6.61 Å². The molecule has 0 radical (unpaired) electrons. The Hall–Kier alpha value is -1.21. The molecular weight excluding hydrogens is 302 g/mol. The molecule has 0 atom stereocenters. The second-order valence-electron chi connectivity index (χ2n) is 4.21. The number of rotatable bonds is 4. The lowest BCUT2D eigenvalue weighted by Gasteiger charge is -2.08. The molecule has 104 valence electrons. The van der Waals surface area contributed by atoms with Crippen molar-refractivity contribution in [2.45, 2.75) is 17.7 Å². The Balaban J connectivity index is 2.34. The molecule has 8 heteroatoms. The first kappa shape index (κ1) is 14.2. The maximum absolute atomic E-state index is 13.8. The van der Waals surface area contributed by atoms with Gasteiger partial charge in [0.1, 0.15) is 16.3 Å². The molecule has 4 nitrogen and oxygen atoms in total. The standard InChI is InChI=1S/C11H9ClF2O4S/c12-19(16,17)8-4-3-7(13)9(10(8)14)11(15)18-5-6-1-2-6/h3-4,6H,1-2,5H2. The van der Waals surface area contributed by atoms with Crippen LogP contribution in [0.3, 0.4) is 0 Å². The highest BCUT2D eigenvalue weighted by Crippen LogP contribution is 2.30. The highest BCUT2D eigenvalue weighted by Gasteiger charge is 2.29. The number of benzene rings is 1. The van der Waals surface area contributed by atoms with Crippen molar-refractivity contribution < 1.29 is 26.7 Å². The molecule has 1 aromatic rings. The molecule has 0 heterocycles. The van der Waals surface area contributed by atoms with Crippen LogP contribution >= 0.6 is 10.7 Å². The summed E-state index contributed by atoms with van der Waals surface area (Å²) >= 11 is 0. The molecule has 0 saturated heterocycles. The fourth-order valence-electron chi connectivity index (χ4n) is 1.46. The van der Waals surface area contributed by atoms with Gasteiger partial charge in [0.15, 0.2) is 5.82 Å². The fraction of sp³-hybridized carbons (Fsp3) is 0.364. The molecule has 0 bridgehead atoms. The van der Waals surface area contributed by atoms with Gasteiger partial charge in [-0.25, -0.2) is 22.0 Å². The topological polar surface area (TPSA) is 60.4 Å². The molecule has 0 aromatic heterocycles. The number of carbonyl (C=O) groups is 1. The van der Waals surface area contributed by atoms with E-state index in [-0.39, 0.29) is 12.5 Å². The summed E-state index contributed by atoms with van der Waals surface area (Å²) in [5.41, 5.74) is -1.04. The van der Waals surface area contributed by atoms with Gasteiger partial charge < -0.3 is 4.74 Å². The quantitative estimate of drug-likeness (QED) is 0.633. The van der Waals surface area contributed by atoms with Crippen LogP contribution in [0.4, 0.5) is 8.78 Å². The highest BCUT2D eigenvalue weighted by molar-refractivity contribution is 8.13. The molecule has 0 unspecified atom stereocenters. The third-order valence-corrected chi connectivity index (χ3v) is 4.01. The molecule has 1 fully saturated rings. The Morgan fingerprint density at radius 3 is 2.53 bits per heavy atom. The highest BCUT2D eigenvalue weighted by atomic mass is 35.7. The summed E-state index contributed by atoms with van der Waals surface area (Å²) in [5.74, 6) is -3.74. The first-order valence-corrected chi connectivity index (χ1v) is 7.71. The third-order valence-electron chi connectivity index (χ3n) is 2.67. The van der Waals surface area contributed by atoms with Crippen molar-refractivity contribution >= 4 is 25.7 Å². The molecule has 0 aliphatic heterocycles. The van der Waals surface area contributed by atoms with Crippen LogP contribution in [0.1, 0.15) is 23.2 Å². The summed E-state index contributed by atoms with van der Waals surface area (Å²) in [5, 5.41) is 0. The van der Waals surface area contributed by atoms with Crippen molar-refractivity contribution in [1.29, 1.82) is 0 Å². The minimum absolute atomic E-state index is 0.0650. The summed E-state index contributed by atoms with van der Waals surface area (Å²) in [6.45, 7) is 0.0650. The van der Waals surface area contributed by atoms with Crippen molar-refractivity contribution in [3.63, 3.8) is 0 Å². The third kappa shape index (κ3) is 3.22. The lowest BCUT2D eigenvalue weighted by molar-refractivity contribution is 0.0474. The van der Waals surface area contributed by atoms with E-state index in [2.05, 4.69) is 0 Å². The minimum atomic E-state index is -4.40. The molecule has 1 aromatic carbocycles. The van der Waals surface area contributed by atoms with Crippen LogP contribution in [0, 0.1) is 17.6 Å². The second-order valence-corrected chi connectivity index (χ2v) is 6.75. The average Bonchev–Trinajstić information content (AvgIpc) is 3.08. The molecule has 19 heavy (non-hydrogen) atoms. The Bertz CT molecular complexity index is 626. The molecule has 1 saturated carbocycles. The van der Waals surface area contributed by atoms with E-state index in [0.29, 0.717) is 12.1 Å². The van der Waals surface area contributed by atoms with Crippen LogP contribution in [0.2, 0.25) is 0 Å². The average molecular weight is 311 g/mol. The van der Waals surface area contributed by atoms with Gasteiger partial charge in [0.2, 0.25) is 0 Å². The van der Waals surface area contributed by atoms with Crippen molar-refractivity contribution in [2.24, 2.45) is 5.92 Å². The van der Waals surface area contributed by atoms with Gasteiger partial charge in [0, 0.05) is 10.7 Å². The van der Waals surface area contributed by atoms with Crippen LogP contribution in [0.15, 0.2) is 17.0 Å². The van der Waals surface area contributed by atoms with E-state index in [1.54, 1.807) is 0 Å². The molecule has 0 amide bonds. The SMILES string of the molecule is O=C(OCC1CC1)c1c(F)ccc(S(=O)(=O)Cl)c1F. The number of esters is 1. The zero-order valence-electron chi connectivity index (χ0n) is 9.53. The molecule has 2 rings (SSSR count). The predicted molar refractivity (Wildman–Crippen MR) is 62.4 cm³/mol. The molecule has 0 N–H and O–H groups in total. The molecule has 1 aliphatic rings. The van der Waals surface area contributed by atoms with Crippen molar-refractivity contribution in [3.8, 4) is 0 Å². The van der Waals surface area contributed by atoms with Gasteiger partial charge in [0.05, 0.1) is 6.61 Å². The van der Waals surface area contributed by atoms with Gasteiger partial charge in [-0.2, -0.15) is 0 Å². The zero-order chi connectivity index (χ0) is 14.2. The number of ether oxygens (including phenoxy) is 1. The molecule has 1 aliphatic carbocycles. The Kier molecular flexibility index (Phi) is 3.78. The van der Waals surface area contributed by atoms with Gasteiger partial charge in [-0.15, -0.1) is 0 Å². The van der Waals surface area contributed by atoms with E-state index in [1.165, 1.54) is 0 Å². The van der Waals surface area contributed by atoms with E-state index in [4.69, 9.17) is 15.4 Å². The number of hydrogen-bond donors (Lipinski definition) is 0. The first-order valence-electron chi connectivity index (χ1n) is 5.40. The number of hydrogen-bond acceptors (Lipinski definition) is 4. The molecule has 0 spiro atoms. The summed E-state index contributed by atoms with van der Waals surface area (Å²) < 4.78 is 54.1. The Labute approximate surface area is 112 Å². The lowest BCUT2D eigenvalue weighted by atomic mass is 10.2. The Morgan fingerprint density at radius 1 is 1.37 bits per heavy atom. The van der Waals surface area contributed by atoms with Crippen LogP contribution in [0.5, 0.6) is 0 Å². The summed E-state index contributed by atoms with van der Waals surface area (Å²) in [4.78, 5) is 10.6. The van der Waals surface area contributed by atoms with Crippen LogP contribution < -0.4 is 0 Å². The van der Waals surface area contributed by atoms with Crippen LogP contribution in [-0.2, 0) is 13.8 Å². The monoisotopic (exact) mass is 310 g/mol. The van der Waals surface area contributed by atoms with Crippen LogP contribution in [0.25, 0.3) is 0 Å². The smallest absolute Gasteiger partial charge is 0.344 e. The lowest BCUT2D eigenvalue weighted by Crippen LogP contribution is -2.14. The van der Waals surface area contributed by atoms with Gasteiger partial charge in [-0.3, -0.25) is 0 Å². The van der Waals surface area contributed by atoms with Gasteiger partial charge in [-0.1, -0.05) is 0 Å². The Morgan fingerprint density at radius 2 is 2.00 bits per heavy atom.